The van der Waals surface area contributed by atoms with Crippen molar-refractivity contribution in [1.82, 2.24) is 15.1 Å². The zero-order chi connectivity index (χ0) is 15.5. The number of halogens is 1. The van der Waals surface area contributed by atoms with Crippen LogP contribution in [-0.2, 0) is 13.5 Å². The summed E-state index contributed by atoms with van der Waals surface area (Å²) < 4.78 is 14.5. The molecule has 112 valence electrons. The molecule has 0 saturated heterocycles. The maximum absolute atomic E-state index is 12.8. The van der Waals surface area contributed by atoms with Gasteiger partial charge in [0.1, 0.15) is 5.82 Å². The van der Waals surface area contributed by atoms with E-state index in [2.05, 4.69) is 10.4 Å². The first-order chi connectivity index (χ1) is 10.6. The zero-order valence-electron chi connectivity index (χ0n) is 12.2. The third-order valence-corrected chi connectivity index (χ3v) is 3.59. The van der Waals surface area contributed by atoms with Crippen molar-refractivity contribution in [3.8, 4) is 0 Å². The van der Waals surface area contributed by atoms with E-state index in [1.807, 2.05) is 31.3 Å². The first-order valence-corrected chi connectivity index (χ1v) is 7.09. The van der Waals surface area contributed by atoms with E-state index in [9.17, 15) is 9.18 Å². The molecule has 0 aliphatic carbocycles. The minimum atomic E-state index is -0.257. The summed E-state index contributed by atoms with van der Waals surface area (Å²) in [5.41, 5.74) is 2.33. The Morgan fingerprint density at radius 2 is 1.91 bits per heavy atom. The molecule has 0 spiro atoms. The molecular formula is C17H16FN3O. The van der Waals surface area contributed by atoms with E-state index in [4.69, 9.17) is 0 Å². The number of rotatable bonds is 4. The van der Waals surface area contributed by atoms with Gasteiger partial charge in [-0.1, -0.05) is 30.3 Å². The van der Waals surface area contributed by atoms with Gasteiger partial charge in [-0.15, -0.1) is 0 Å². The van der Waals surface area contributed by atoms with Crippen molar-refractivity contribution in [2.75, 3.05) is 6.54 Å². The smallest absolute Gasteiger partial charge is 0.272 e. The van der Waals surface area contributed by atoms with Crippen LogP contribution in [0.1, 0.15) is 16.1 Å². The van der Waals surface area contributed by atoms with Gasteiger partial charge < -0.3 is 5.32 Å². The number of para-hydroxylation sites is 1. The van der Waals surface area contributed by atoms with Crippen molar-refractivity contribution in [2.45, 2.75) is 6.42 Å². The summed E-state index contributed by atoms with van der Waals surface area (Å²) in [6, 6.07) is 13.9. The summed E-state index contributed by atoms with van der Waals surface area (Å²) in [7, 11) is 1.82. The summed E-state index contributed by atoms with van der Waals surface area (Å²) >= 11 is 0. The molecule has 0 radical (unpaired) electrons. The maximum Gasteiger partial charge on any atom is 0.272 e. The van der Waals surface area contributed by atoms with Gasteiger partial charge in [-0.3, -0.25) is 9.48 Å². The Morgan fingerprint density at radius 3 is 2.68 bits per heavy atom. The molecule has 0 saturated carbocycles. The zero-order valence-corrected chi connectivity index (χ0v) is 12.2. The van der Waals surface area contributed by atoms with Gasteiger partial charge >= 0.3 is 0 Å². The Balaban J connectivity index is 1.67. The second-order valence-corrected chi connectivity index (χ2v) is 5.12. The molecule has 3 rings (SSSR count). The summed E-state index contributed by atoms with van der Waals surface area (Å²) in [5.74, 6) is -0.452. The molecule has 0 aliphatic rings. The molecule has 0 unspecified atom stereocenters. The molecule has 2 aromatic carbocycles. The van der Waals surface area contributed by atoms with Gasteiger partial charge in [-0.05, 0) is 30.2 Å². The van der Waals surface area contributed by atoms with Crippen molar-refractivity contribution in [1.29, 1.82) is 0 Å². The SMILES string of the molecule is Cn1nc(C(=O)NCCc2ccc(F)cc2)c2ccccc21. The van der Waals surface area contributed by atoms with Crippen LogP contribution in [0, 0.1) is 5.82 Å². The largest absolute Gasteiger partial charge is 0.350 e. The molecule has 1 heterocycles. The van der Waals surface area contributed by atoms with Crippen LogP contribution < -0.4 is 5.32 Å². The maximum atomic E-state index is 12.8. The third-order valence-electron chi connectivity index (χ3n) is 3.59. The Labute approximate surface area is 127 Å². The van der Waals surface area contributed by atoms with Crippen molar-refractivity contribution in [2.24, 2.45) is 7.05 Å². The van der Waals surface area contributed by atoms with Gasteiger partial charge in [0.2, 0.25) is 0 Å². The van der Waals surface area contributed by atoms with Crippen LogP contribution in [-0.4, -0.2) is 22.2 Å². The van der Waals surface area contributed by atoms with Crippen LogP contribution in [0.2, 0.25) is 0 Å². The number of fused-ring (bicyclic) bond motifs is 1. The highest BCUT2D eigenvalue weighted by Crippen LogP contribution is 2.17. The van der Waals surface area contributed by atoms with Crippen molar-refractivity contribution >= 4 is 16.8 Å². The number of benzene rings is 2. The lowest BCUT2D eigenvalue weighted by atomic mass is 10.1. The van der Waals surface area contributed by atoms with Crippen molar-refractivity contribution in [3.05, 3.63) is 65.6 Å². The average molecular weight is 297 g/mol. The van der Waals surface area contributed by atoms with Gasteiger partial charge in [0.25, 0.3) is 5.91 Å². The van der Waals surface area contributed by atoms with Gasteiger partial charge in [-0.25, -0.2) is 4.39 Å². The second kappa shape index (κ2) is 5.97. The second-order valence-electron chi connectivity index (χ2n) is 5.12. The normalized spacial score (nSPS) is 10.8. The molecule has 1 amide bonds. The summed E-state index contributed by atoms with van der Waals surface area (Å²) in [6.07, 6.45) is 0.650. The molecule has 22 heavy (non-hydrogen) atoms. The highest BCUT2D eigenvalue weighted by Gasteiger charge is 2.14. The molecule has 0 fully saturated rings. The number of hydrogen-bond acceptors (Lipinski definition) is 2. The first kappa shape index (κ1) is 14.3. The van der Waals surface area contributed by atoms with Crippen molar-refractivity contribution < 1.29 is 9.18 Å². The molecular weight excluding hydrogens is 281 g/mol. The molecule has 1 aromatic heterocycles. The van der Waals surface area contributed by atoms with Crippen LogP contribution in [0.5, 0.6) is 0 Å². The fourth-order valence-electron chi connectivity index (χ4n) is 2.44. The van der Waals surface area contributed by atoms with E-state index in [1.165, 1.54) is 12.1 Å². The standard InChI is InChI=1S/C17H16FN3O/c1-21-15-5-3-2-4-14(15)16(20-21)17(22)19-11-10-12-6-8-13(18)9-7-12/h2-9H,10-11H2,1H3,(H,19,22). The van der Waals surface area contributed by atoms with Crippen LogP contribution in [0.4, 0.5) is 4.39 Å². The Kier molecular flexibility index (Phi) is 3.87. The number of amides is 1. The lowest BCUT2D eigenvalue weighted by Crippen LogP contribution is -2.26. The molecule has 1 N–H and O–H groups in total. The van der Waals surface area contributed by atoms with Gasteiger partial charge in [0.15, 0.2) is 5.69 Å². The van der Waals surface area contributed by atoms with Gasteiger partial charge in [0.05, 0.1) is 5.52 Å². The first-order valence-electron chi connectivity index (χ1n) is 7.09. The highest BCUT2D eigenvalue weighted by molar-refractivity contribution is 6.04. The number of aryl methyl sites for hydroxylation is 1. The predicted octanol–water partition coefficient (Wildman–Crippen LogP) is 2.68. The Hall–Kier alpha value is -2.69. The van der Waals surface area contributed by atoms with Crippen molar-refractivity contribution in [3.63, 3.8) is 0 Å². The summed E-state index contributed by atoms with van der Waals surface area (Å²) in [6.45, 7) is 0.482. The number of hydrogen-bond donors (Lipinski definition) is 1. The molecule has 0 bridgehead atoms. The minimum Gasteiger partial charge on any atom is -0.350 e. The fraction of sp³-hybridized carbons (Fsp3) is 0.176. The predicted molar refractivity (Wildman–Crippen MR) is 83.2 cm³/mol. The summed E-state index contributed by atoms with van der Waals surface area (Å²) in [5, 5.41) is 7.98. The number of carbonyl (C=O) groups is 1. The molecule has 5 heteroatoms. The fourth-order valence-corrected chi connectivity index (χ4v) is 2.44. The lowest BCUT2D eigenvalue weighted by molar-refractivity contribution is 0.0950. The number of nitrogens with one attached hydrogen (secondary N) is 1. The van der Waals surface area contributed by atoms with Crippen LogP contribution in [0.15, 0.2) is 48.5 Å². The minimum absolute atomic E-state index is 0.195. The van der Waals surface area contributed by atoms with Crippen LogP contribution >= 0.6 is 0 Å². The number of carbonyl (C=O) groups excluding carboxylic acids is 1. The molecule has 4 nitrogen and oxygen atoms in total. The van der Waals surface area contributed by atoms with E-state index in [-0.39, 0.29) is 11.7 Å². The Bertz CT molecular complexity index is 808. The molecule has 3 aromatic rings. The summed E-state index contributed by atoms with van der Waals surface area (Å²) in [4.78, 5) is 12.3. The van der Waals surface area contributed by atoms with Gasteiger partial charge in [-0.2, -0.15) is 5.10 Å². The van der Waals surface area contributed by atoms with E-state index < -0.39 is 0 Å². The molecule has 0 aliphatic heterocycles. The third kappa shape index (κ3) is 2.83. The number of aromatic nitrogens is 2. The topological polar surface area (TPSA) is 46.9 Å². The highest BCUT2D eigenvalue weighted by atomic mass is 19.1. The van der Waals surface area contributed by atoms with Crippen LogP contribution in [0.25, 0.3) is 10.9 Å². The monoisotopic (exact) mass is 297 g/mol. The average Bonchev–Trinajstić information content (AvgIpc) is 2.87. The Morgan fingerprint density at radius 1 is 1.18 bits per heavy atom. The molecule has 0 atom stereocenters. The van der Waals surface area contributed by atoms with E-state index in [1.54, 1.807) is 16.8 Å². The van der Waals surface area contributed by atoms with E-state index >= 15 is 0 Å². The van der Waals surface area contributed by atoms with Crippen LogP contribution in [0.3, 0.4) is 0 Å². The van der Waals surface area contributed by atoms with E-state index in [0.717, 1.165) is 16.5 Å². The number of nitrogens with zero attached hydrogens (tertiary/aromatic N) is 2. The lowest BCUT2D eigenvalue weighted by Gasteiger charge is -2.04. The van der Waals surface area contributed by atoms with Gasteiger partial charge in [0, 0.05) is 19.0 Å². The van der Waals surface area contributed by atoms with E-state index in [0.29, 0.717) is 18.7 Å². The quantitative estimate of drug-likeness (QED) is 0.805.